The molecule has 2 nitrogen and oxygen atoms in total. The molecule has 1 fully saturated rings. The van der Waals surface area contributed by atoms with Gasteiger partial charge in [0.05, 0.1) is 11.2 Å². The first-order chi connectivity index (χ1) is 8.28. The third-order valence-corrected chi connectivity index (χ3v) is 4.37. The Balaban J connectivity index is 2.38. The van der Waals surface area contributed by atoms with Gasteiger partial charge in [-0.15, -0.1) is 0 Å². The molecule has 0 unspecified atom stereocenters. The number of hydrogen-bond acceptors (Lipinski definition) is 2. The van der Waals surface area contributed by atoms with Crippen LogP contribution in [-0.2, 0) is 15.7 Å². The van der Waals surface area contributed by atoms with Crippen LogP contribution in [0, 0.1) is 0 Å². The molecule has 98 valence electrons. The summed E-state index contributed by atoms with van der Waals surface area (Å²) in [5.74, 6) is 0. The summed E-state index contributed by atoms with van der Waals surface area (Å²) in [4.78, 5) is 0. The summed E-state index contributed by atoms with van der Waals surface area (Å²) in [6.07, 6.45) is 0.874. The van der Waals surface area contributed by atoms with Crippen molar-refractivity contribution in [3.8, 4) is 0 Å². The summed E-state index contributed by atoms with van der Waals surface area (Å²) in [6, 6.07) is 5.89. The van der Waals surface area contributed by atoms with Crippen molar-refractivity contribution < 1.29 is 9.31 Å². The van der Waals surface area contributed by atoms with Gasteiger partial charge in [-0.3, -0.25) is 0 Å². The molecule has 1 heterocycles. The average Bonchev–Trinajstić information content (AvgIpc) is 2.47. The lowest BCUT2D eigenvalue weighted by Crippen LogP contribution is -2.41. The zero-order valence-electron chi connectivity index (χ0n) is 11.7. The van der Waals surface area contributed by atoms with E-state index in [1.807, 2.05) is 18.2 Å². The summed E-state index contributed by atoms with van der Waals surface area (Å²) < 4.78 is 12.1. The van der Waals surface area contributed by atoms with Gasteiger partial charge >= 0.3 is 7.12 Å². The van der Waals surface area contributed by atoms with E-state index in [9.17, 15) is 0 Å². The van der Waals surface area contributed by atoms with Crippen molar-refractivity contribution >= 4 is 24.2 Å². The Bertz CT molecular complexity index is 441. The van der Waals surface area contributed by atoms with Crippen LogP contribution in [0.4, 0.5) is 0 Å². The highest BCUT2D eigenvalue weighted by molar-refractivity contribution is 6.63. The Morgan fingerprint density at radius 1 is 1.11 bits per heavy atom. The van der Waals surface area contributed by atoms with Gasteiger partial charge in [-0.2, -0.15) is 0 Å². The van der Waals surface area contributed by atoms with Gasteiger partial charge in [0.25, 0.3) is 0 Å². The van der Waals surface area contributed by atoms with Crippen LogP contribution in [0.1, 0.15) is 40.2 Å². The van der Waals surface area contributed by atoms with E-state index in [2.05, 4.69) is 34.6 Å². The fraction of sp³-hybridized carbons (Fsp3) is 0.571. The van der Waals surface area contributed by atoms with Crippen LogP contribution < -0.4 is 5.46 Å². The van der Waals surface area contributed by atoms with Crippen molar-refractivity contribution in [3.05, 3.63) is 28.8 Å². The van der Waals surface area contributed by atoms with Gasteiger partial charge in [-0.25, -0.2) is 0 Å². The highest BCUT2D eigenvalue weighted by Crippen LogP contribution is 2.37. The Hall–Kier alpha value is -0.505. The molecule has 0 spiro atoms. The van der Waals surface area contributed by atoms with Gasteiger partial charge in [-0.1, -0.05) is 30.7 Å². The number of halogens is 1. The summed E-state index contributed by atoms with van der Waals surface area (Å²) in [6.45, 7) is 10.3. The molecule has 1 aliphatic heterocycles. The standard InChI is InChI=1S/C14H20BClO2/c1-6-10-11(8-7-9-12(10)16)15-17-13(2,3)14(4,5)18-15/h7-9H,6H2,1-5H3. The van der Waals surface area contributed by atoms with Crippen molar-refractivity contribution in [2.75, 3.05) is 0 Å². The number of rotatable bonds is 2. The summed E-state index contributed by atoms with van der Waals surface area (Å²) in [5, 5.41) is 0.782. The molecule has 0 aliphatic carbocycles. The predicted molar refractivity (Wildman–Crippen MR) is 76.5 cm³/mol. The second-order valence-electron chi connectivity index (χ2n) is 5.75. The Morgan fingerprint density at radius 2 is 1.67 bits per heavy atom. The smallest absolute Gasteiger partial charge is 0.399 e. The van der Waals surface area contributed by atoms with Crippen molar-refractivity contribution in [1.29, 1.82) is 0 Å². The van der Waals surface area contributed by atoms with Crippen molar-refractivity contribution in [3.63, 3.8) is 0 Å². The van der Waals surface area contributed by atoms with Gasteiger partial charge < -0.3 is 9.31 Å². The van der Waals surface area contributed by atoms with Gasteiger partial charge in [-0.05, 0) is 51.2 Å². The molecule has 4 heteroatoms. The van der Waals surface area contributed by atoms with Crippen molar-refractivity contribution in [2.45, 2.75) is 52.2 Å². The van der Waals surface area contributed by atoms with Crippen LogP contribution in [0.25, 0.3) is 0 Å². The molecular formula is C14H20BClO2. The lowest BCUT2D eigenvalue weighted by molar-refractivity contribution is 0.00578. The Morgan fingerprint density at radius 3 is 2.17 bits per heavy atom. The van der Waals surface area contributed by atoms with E-state index < -0.39 is 0 Å². The van der Waals surface area contributed by atoms with E-state index in [1.54, 1.807) is 0 Å². The first-order valence-electron chi connectivity index (χ1n) is 6.41. The minimum Gasteiger partial charge on any atom is -0.399 e. The van der Waals surface area contributed by atoms with E-state index >= 15 is 0 Å². The lowest BCUT2D eigenvalue weighted by atomic mass is 9.75. The molecule has 0 amide bonds. The molecule has 0 atom stereocenters. The van der Waals surface area contributed by atoms with Crippen LogP contribution in [0.2, 0.25) is 5.02 Å². The second kappa shape index (κ2) is 4.55. The maximum absolute atomic E-state index is 6.24. The molecule has 1 aromatic rings. The highest BCUT2D eigenvalue weighted by atomic mass is 35.5. The zero-order chi connectivity index (χ0) is 13.6. The molecule has 0 bridgehead atoms. The SMILES string of the molecule is CCc1c(Cl)cccc1B1OC(C)(C)C(C)(C)O1. The first kappa shape index (κ1) is 13.9. The zero-order valence-corrected chi connectivity index (χ0v) is 12.5. The fourth-order valence-electron chi connectivity index (χ4n) is 2.14. The monoisotopic (exact) mass is 266 g/mol. The molecule has 1 aliphatic rings. The summed E-state index contributed by atoms with van der Waals surface area (Å²) in [7, 11) is -0.330. The highest BCUT2D eigenvalue weighted by Gasteiger charge is 2.52. The summed E-state index contributed by atoms with van der Waals surface area (Å²) in [5.41, 5.74) is 1.53. The quantitative estimate of drug-likeness (QED) is 0.765. The molecule has 0 radical (unpaired) electrons. The minimum absolute atomic E-state index is 0.314. The van der Waals surface area contributed by atoms with Crippen LogP contribution in [0.15, 0.2) is 18.2 Å². The van der Waals surface area contributed by atoms with Gasteiger partial charge in [0.1, 0.15) is 0 Å². The third kappa shape index (κ3) is 2.20. The van der Waals surface area contributed by atoms with Crippen molar-refractivity contribution in [2.24, 2.45) is 0 Å². The number of benzene rings is 1. The molecular weight excluding hydrogens is 246 g/mol. The van der Waals surface area contributed by atoms with E-state index in [1.165, 1.54) is 0 Å². The normalized spacial score (nSPS) is 21.3. The van der Waals surface area contributed by atoms with Gasteiger partial charge in [0.2, 0.25) is 0 Å². The number of hydrogen-bond donors (Lipinski definition) is 0. The topological polar surface area (TPSA) is 18.5 Å². The molecule has 0 aromatic heterocycles. The maximum atomic E-state index is 6.24. The molecule has 1 aromatic carbocycles. The molecule has 1 saturated heterocycles. The van der Waals surface area contributed by atoms with E-state index in [4.69, 9.17) is 20.9 Å². The van der Waals surface area contributed by atoms with Crippen LogP contribution >= 0.6 is 11.6 Å². The van der Waals surface area contributed by atoms with Crippen LogP contribution in [-0.4, -0.2) is 18.3 Å². The largest absolute Gasteiger partial charge is 0.495 e. The van der Waals surface area contributed by atoms with E-state index in [0.29, 0.717) is 0 Å². The van der Waals surface area contributed by atoms with Gasteiger partial charge in [0.15, 0.2) is 0 Å². The maximum Gasteiger partial charge on any atom is 0.495 e. The average molecular weight is 267 g/mol. The van der Waals surface area contributed by atoms with E-state index in [-0.39, 0.29) is 18.3 Å². The Labute approximate surface area is 115 Å². The fourth-order valence-corrected chi connectivity index (χ4v) is 2.45. The van der Waals surface area contributed by atoms with Gasteiger partial charge in [0, 0.05) is 5.02 Å². The lowest BCUT2D eigenvalue weighted by Gasteiger charge is -2.32. The minimum atomic E-state index is -0.330. The summed E-state index contributed by atoms with van der Waals surface area (Å²) >= 11 is 6.24. The predicted octanol–water partition coefficient (Wildman–Crippen LogP) is 3.20. The molecule has 18 heavy (non-hydrogen) atoms. The molecule has 0 saturated carbocycles. The van der Waals surface area contributed by atoms with E-state index in [0.717, 1.165) is 22.5 Å². The molecule has 0 N–H and O–H groups in total. The van der Waals surface area contributed by atoms with Crippen molar-refractivity contribution in [1.82, 2.24) is 0 Å². The van der Waals surface area contributed by atoms with Crippen LogP contribution in [0.3, 0.4) is 0 Å². The molecule has 2 rings (SSSR count). The Kier molecular flexibility index (Phi) is 3.52. The second-order valence-corrected chi connectivity index (χ2v) is 6.16. The van der Waals surface area contributed by atoms with Crippen LogP contribution in [0.5, 0.6) is 0 Å². The third-order valence-electron chi connectivity index (χ3n) is 4.02. The first-order valence-corrected chi connectivity index (χ1v) is 6.79.